The Hall–Kier alpha value is -1.06. The standard InChI is InChI=1S/C17H30N2O2/c1-13(2)15(17(21)19-11-7-4-8-12-19)18-16(20)14-9-5-3-6-10-14/h13-15H,3-12H2,1-2H3,(H,18,20)/t15-/m1/s1. The Kier molecular flexibility index (Phi) is 6.07. The predicted octanol–water partition coefficient (Wildman–Crippen LogP) is 2.72. The fraction of sp³-hybridized carbons (Fsp3) is 0.882. The molecule has 0 spiro atoms. The maximum atomic E-state index is 12.7. The van der Waals surface area contributed by atoms with E-state index in [0.717, 1.165) is 51.6 Å². The second-order valence-corrected chi connectivity index (χ2v) is 6.95. The van der Waals surface area contributed by atoms with Gasteiger partial charge in [0.2, 0.25) is 11.8 Å². The molecule has 1 saturated carbocycles. The molecule has 1 aliphatic carbocycles. The first-order valence-electron chi connectivity index (χ1n) is 8.68. The third-order valence-electron chi connectivity index (χ3n) is 4.87. The van der Waals surface area contributed by atoms with Gasteiger partial charge in [0.1, 0.15) is 6.04 Å². The van der Waals surface area contributed by atoms with Crippen molar-refractivity contribution >= 4 is 11.8 Å². The molecule has 1 heterocycles. The van der Waals surface area contributed by atoms with Gasteiger partial charge >= 0.3 is 0 Å². The minimum atomic E-state index is -0.350. The van der Waals surface area contributed by atoms with Gasteiger partial charge in [0.05, 0.1) is 0 Å². The van der Waals surface area contributed by atoms with Crippen molar-refractivity contribution in [1.82, 2.24) is 10.2 Å². The lowest BCUT2D eigenvalue weighted by Gasteiger charge is -2.33. The van der Waals surface area contributed by atoms with E-state index in [4.69, 9.17) is 0 Å². The fourth-order valence-electron chi connectivity index (χ4n) is 3.46. The normalized spacial score (nSPS) is 22.1. The largest absolute Gasteiger partial charge is 0.344 e. The first kappa shape index (κ1) is 16.3. The molecule has 120 valence electrons. The molecule has 1 atom stereocenters. The highest BCUT2D eigenvalue weighted by molar-refractivity contribution is 5.88. The molecule has 2 fully saturated rings. The van der Waals surface area contributed by atoms with Gasteiger partial charge in [-0.15, -0.1) is 0 Å². The number of likely N-dealkylation sites (tertiary alicyclic amines) is 1. The van der Waals surface area contributed by atoms with Crippen LogP contribution < -0.4 is 5.32 Å². The molecule has 0 aromatic rings. The average molecular weight is 294 g/mol. The highest BCUT2D eigenvalue weighted by atomic mass is 16.2. The summed E-state index contributed by atoms with van der Waals surface area (Å²) in [5.41, 5.74) is 0. The summed E-state index contributed by atoms with van der Waals surface area (Å²) < 4.78 is 0. The molecular weight excluding hydrogens is 264 g/mol. The van der Waals surface area contributed by atoms with Gasteiger partial charge in [0.25, 0.3) is 0 Å². The maximum absolute atomic E-state index is 12.7. The highest BCUT2D eigenvalue weighted by Crippen LogP contribution is 2.24. The van der Waals surface area contributed by atoms with E-state index in [0.29, 0.717) is 0 Å². The summed E-state index contributed by atoms with van der Waals surface area (Å²) in [6.07, 6.45) is 8.88. The van der Waals surface area contributed by atoms with Gasteiger partial charge < -0.3 is 10.2 Å². The van der Waals surface area contributed by atoms with Gasteiger partial charge in [0.15, 0.2) is 0 Å². The second kappa shape index (κ2) is 7.81. The summed E-state index contributed by atoms with van der Waals surface area (Å²) >= 11 is 0. The van der Waals surface area contributed by atoms with Crippen LogP contribution in [-0.2, 0) is 9.59 Å². The third-order valence-corrected chi connectivity index (χ3v) is 4.87. The van der Waals surface area contributed by atoms with Gasteiger partial charge in [0, 0.05) is 19.0 Å². The topological polar surface area (TPSA) is 49.4 Å². The molecule has 0 radical (unpaired) electrons. The molecule has 2 aliphatic rings. The average Bonchev–Trinajstić information content (AvgIpc) is 2.53. The number of rotatable bonds is 4. The summed E-state index contributed by atoms with van der Waals surface area (Å²) in [5.74, 6) is 0.480. The molecule has 1 N–H and O–H groups in total. The van der Waals surface area contributed by atoms with E-state index in [1.54, 1.807) is 0 Å². The minimum absolute atomic E-state index is 0.0961. The lowest BCUT2D eigenvalue weighted by molar-refractivity contribution is -0.139. The number of nitrogens with zero attached hydrogens (tertiary/aromatic N) is 1. The number of amides is 2. The monoisotopic (exact) mass is 294 g/mol. The lowest BCUT2D eigenvalue weighted by atomic mass is 9.88. The summed E-state index contributed by atoms with van der Waals surface area (Å²) in [6.45, 7) is 5.74. The van der Waals surface area contributed by atoms with E-state index in [-0.39, 0.29) is 29.7 Å². The van der Waals surface area contributed by atoms with Crippen molar-refractivity contribution in [3.63, 3.8) is 0 Å². The van der Waals surface area contributed by atoms with Crippen LogP contribution in [0.5, 0.6) is 0 Å². The van der Waals surface area contributed by atoms with E-state index in [1.807, 2.05) is 18.7 Å². The molecular formula is C17H30N2O2. The summed E-state index contributed by atoms with van der Waals surface area (Å²) in [6, 6.07) is -0.350. The van der Waals surface area contributed by atoms with Gasteiger partial charge in [-0.25, -0.2) is 0 Å². The van der Waals surface area contributed by atoms with Crippen LogP contribution in [0.1, 0.15) is 65.2 Å². The van der Waals surface area contributed by atoms with E-state index in [9.17, 15) is 9.59 Å². The van der Waals surface area contributed by atoms with Crippen molar-refractivity contribution in [3.8, 4) is 0 Å². The number of nitrogens with one attached hydrogen (secondary N) is 1. The van der Waals surface area contributed by atoms with Crippen LogP contribution in [0.3, 0.4) is 0 Å². The van der Waals surface area contributed by atoms with Crippen LogP contribution in [0.2, 0.25) is 0 Å². The van der Waals surface area contributed by atoms with Crippen molar-refractivity contribution in [1.29, 1.82) is 0 Å². The lowest BCUT2D eigenvalue weighted by Crippen LogP contribution is -2.53. The Morgan fingerprint density at radius 3 is 2.10 bits per heavy atom. The zero-order valence-electron chi connectivity index (χ0n) is 13.6. The zero-order chi connectivity index (χ0) is 15.2. The van der Waals surface area contributed by atoms with Crippen LogP contribution in [0.25, 0.3) is 0 Å². The molecule has 0 aromatic heterocycles. The molecule has 4 nitrogen and oxygen atoms in total. The smallest absolute Gasteiger partial charge is 0.245 e. The quantitative estimate of drug-likeness (QED) is 0.866. The first-order chi connectivity index (χ1) is 10.1. The Labute approximate surface area is 128 Å². The molecule has 1 aliphatic heterocycles. The van der Waals surface area contributed by atoms with Gasteiger partial charge in [-0.1, -0.05) is 33.1 Å². The van der Waals surface area contributed by atoms with E-state index in [1.165, 1.54) is 12.8 Å². The first-order valence-corrected chi connectivity index (χ1v) is 8.68. The van der Waals surface area contributed by atoms with Gasteiger partial charge in [-0.05, 0) is 38.0 Å². The van der Waals surface area contributed by atoms with Crippen LogP contribution in [0.4, 0.5) is 0 Å². The van der Waals surface area contributed by atoms with Crippen molar-refractivity contribution in [2.75, 3.05) is 13.1 Å². The van der Waals surface area contributed by atoms with Gasteiger partial charge in [-0.3, -0.25) is 9.59 Å². The summed E-state index contributed by atoms with van der Waals surface area (Å²) in [4.78, 5) is 27.0. The summed E-state index contributed by atoms with van der Waals surface area (Å²) in [5, 5.41) is 3.05. The van der Waals surface area contributed by atoms with E-state index in [2.05, 4.69) is 5.32 Å². The predicted molar refractivity (Wildman–Crippen MR) is 83.8 cm³/mol. The van der Waals surface area contributed by atoms with Crippen LogP contribution in [-0.4, -0.2) is 35.8 Å². The Bertz CT molecular complexity index is 356. The second-order valence-electron chi connectivity index (χ2n) is 6.95. The minimum Gasteiger partial charge on any atom is -0.344 e. The molecule has 2 rings (SSSR count). The number of carbonyl (C=O) groups excluding carboxylic acids is 2. The molecule has 0 bridgehead atoms. The fourth-order valence-corrected chi connectivity index (χ4v) is 3.46. The number of carbonyl (C=O) groups is 2. The Morgan fingerprint density at radius 2 is 1.52 bits per heavy atom. The molecule has 4 heteroatoms. The van der Waals surface area contributed by atoms with Crippen molar-refractivity contribution in [3.05, 3.63) is 0 Å². The van der Waals surface area contributed by atoms with Crippen LogP contribution in [0.15, 0.2) is 0 Å². The van der Waals surface area contributed by atoms with Crippen LogP contribution >= 0.6 is 0 Å². The number of piperidine rings is 1. The maximum Gasteiger partial charge on any atom is 0.245 e. The van der Waals surface area contributed by atoms with E-state index >= 15 is 0 Å². The van der Waals surface area contributed by atoms with Gasteiger partial charge in [-0.2, -0.15) is 0 Å². The highest BCUT2D eigenvalue weighted by Gasteiger charge is 2.31. The third kappa shape index (κ3) is 4.45. The molecule has 21 heavy (non-hydrogen) atoms. The van der Waals surface area contributed by atoms with Crippen molar-refractivity contribution in [2.24, 2.45) is 11.8 Å². The number of hydrogen-bond acceptors (Lipinski definition) is 2. The van der Waals surface area contributed by atoms with Crippen molar-refractivity contribution in [2.45, 2.75) is 71.3 Å². The molecule has 1 saturated heterocycles. The Morgan fingerprint density at radius 1 is 0.952 bits per heavy atom. The molecule has 0 unspecified atom stereocenters. The Balaban J connectivity index is 1.94. The van der Waals surface area contributed by atoms with E-state index < -0.39 is 0 Å². The van der Waals surface area contributed by atoms with Crippen LogP contribution in [0, 0.1) is 11.8 Å². The SMILES string of the molecule is CC(C)[C@@H](NC(=O)C1CCCCC1)C(=O)N1CCCCC1. The molecule has 2 amide bonds. The zero-order valence-corrected chi connectivity index (χ0v) is 13.6. The molecule has 0 aromatic carbocycles. The number of hydrogen-bond donors (Lipinski definition) is 1. The summed E-state index contributed by atoms with van der Waals surface area (Å²) in [7, 11) is 0. The van der Waals surface area contributed by atoms with Crippen molar-refractivity contribution < 1.29 is 9.59 Å².